The van der Waals surface area contributed by atoms with E-state index >= 15 is 0 Å². The molecule has 1 N–H and O–H groups in total. The number of likely N-dealkylation sites (N-methyl/N-ethyl adjacent to an activating group) is 1. The summed E-state index contributed by atoms with van der Waals surface area (Å²) in [6.07, 6.45) is -4.51. The van der Waals surface area contributed by atoms with Gasteiger partial charge in [0.25, 0.3) is 10.0 Å². The molecular weight excluding hydrogens is 543 g/mol. The number of sulfonamides is 1. The minimum absolute atomic E-state index is 0.00789. The summed E-state index contributed by atoms with van der Waals surface area (Å²) in [5, 5.41) is 2.53. The number of aryl methyl sites for hydroxylation is 2. The number of nitrogens with one attached hydrogen (secondary N) is 1. The van der Waals surface area contributed by atoms with Gasteiger partial charge in [0.2, 0.25) is 11.8 Å². The Labute approximate surface area is 232 Å². The Hall–Kier alpha value is -3.86. The number of anilines is 1. The average molecular weight is 576 g/mol. The summed E-state index contributed by atoms with van der Waals surface area (Å²) < 4.78 is 68.9. The Morgan fingerprint density at radius 3 is 2.02 bits per heavy atom. The van der Waals surface area contributed by atoms with Gasteiger partial charge in [-0.05, 0) is 56.2 Å². The van der Waals surface area contributed by atoms with Gasteiger partial charge >= 0.3 is 6.18 Å². The second-order valence-corrected chi connectivity index (χ2v) is 11.3. The predicted molar refractivity (Wildman–Crippen MR) is 147 cm³/mol. The Balaban J connectivity index is 2.11. The van der Waals surface area contributed by atoms with Crippen LogP contribution in [0.1, 0.15) is 35.6 Å². The monoisotopic (exact) mass is 575 g/mol. The van der Waals surface area contributed by atoms with Gasteiger partial charge in [0.05, 0.1) is 16.1 Å². The molecule has 0 spiro atoms. The van der Waals surface area contributed by atoms with Crippen molar-refractivity contribution in [2.24, 2.45) is 0 Å². The van der Waals surface area contributed by atoms with Gasteiger partial charge < -0.3 is 10.2 Å². The molecule has 2 amide bonds. The molecule has 0 saturated heterocycles. The lowest BCUT2D eigenvalue weighted by atomic mass is 10.1. The average Bonchev–Trinajstić information content (AvgIpc) is 2.92. The fraction of sp³-hybridized carbons (Fsp3) is 0.310. The van der Waals surface area contributed by atoms with E-state index < -0.39 is 46.2 Å². The first-order chi connectivity index (χ1) is 18.8. The number of hydrogen-bond donors (Lipinski definition) is 1. The van der Waals surface area contributed by atoms with Crippen LogP contribution in [0.15, 0.2) is 77.7 Å². The molecule has 3 aromatic rings. The molecule has 0 bridgehead atoms. The molecule has 0 saturated carbocycles. The number of alkyl halides is 3. The molecule has 0 aliphatic carbocycles. The molecule has 0 radical (unpaired) electrons. The quantitative estimate of drug-likeness (QED) is 0.366. The summed E-state index contributed by atoms with van der Waals surface area (Å²) in [6, 6.07) is 15.9. The zero-order valence-corrected chi connectivity index (χ0v) is 23.5. The van der Waals surface area contributed by atoms with Gasteiger partial charge in [-0.2, -0.15) is 13.2 Å². The number of benzene rings is 3. The topological polar surface area (TPSA) is 86.8 Å². The Kier molecular flexibility index (Phi) is 9.62. The van der Waals surface area contributed by atoms with Crippen LogP contribution in [0, 0.1) is 13.8 Å². The summed E-state index contributed by atoms with van der Waals surface area (Å²) in [5.74, 6) is -1.20. The fourth-order valence-corrected chi connectivity index (χ4v) is 5.59. The molecule has 7 nitrogen and oxygen atoms in total. The van der Waals surface area contributed by atoms with E-state index in [1.807, 2.05) is 19.1 Å². The standard InChI is InChI=1S/C29H32F3N3O4S/c1-5-26(28(37)33-4)34(18-22-13-9-20(2)10-14-22)27(36)19-35(24-8-6-7-23(17-24)29(30,31)32)40(38,39)25-15-11-21(3)12-16-25/h6-17,26H,5,18-19H2,1-4H3,(H,33,37). The first-order valence-corrected chi connectivity index (χ1v) is 14.0. The highest BCUT2D eigenvalue weighted by Crippen LogP contribution is 2.33. The number of carbonyl (C=O) groups is 2. The second kappa shape index (κ2) is 12.5. The minimum atomic E-state index is -4.73. The van der Waals surface area contributed by atoms with Crippen LogP contribution in [0.4, 0.5) is 18.9 Å². The molecule has 0 heterocycles. The van der Waals surface area contributed by atoms with Gasteiger partial charge in [-0.15, -0.1) is 0 Å². The third-order valence-electron chi connectivity index (χ3n) is 6.46. The Morgan fingerprint density at radius 2 is 1.50 bits per heavy atom. The van der Waals surface area contributed by atoms with Gasteiger partial charge in [0.15, 0.2) is 0 Å². The second-order valence-electron chi connectivity index (χ2n) is 9.42. The maximum Gasteiger partial charge on any atom is 0.416 e. The maximum atomic E-state index is 13.9. The molecule has 3 rings (SSSR count). The van der Waals surface area contributed by atoms with Crippen LogP contribution < -0.4 is 9.62 Å². The number of nitrogens with zero attached hydrogens (tertiary/aromatic N) is 2. The third kappa shape index (κ3) is 7.20. The smallest absolute Gasteiger partial charge is 0.357 e. The summed E-state index contributed by atoms with van der Waals surface area (Å²) >= 11 is 0. The molecule has 11 heteroatoms. The molecular formula is C29H32F3N3O4S. The van der Waals surface area contributed by atoms with Gasteiger partial charge in [0, 0.05) is 13.6 Å². The van der Waals surface area contributed by atoms with Crippen LogP contribution in [0.2, 0.25) is 0 Å². The number of rotatable bonds is 10. The van der Waals surface area contributed by atoms with Gasteiger partial charge in [0.1, 0.15) is 12.6 Å². The Morgan fingerprint density at radius 1 is 0.925 bits per heavy atom. The van der Waals surface area contributed by atoms with Crippen molar-refractivity contribution in [3.05, 3.63) is 95.1 Å². The maximum absolute atomic E-state index is 13.9. The minimum Gasteiger partial charge on any atom is -0.357 e. The van der Waals surface area contributed by atoms with Crippen molar-refractivity contribution >= 4 is 27.5 Å². The van der Waals surface area contributed by atoms with E-state index in [-0.39, 0.29) is 23.5 Å². The van der Waals surface area contributed by atoms with E-state index in [1.165, 1.54) is 30.1 Å². The van der Waals surface area contributed by atoms with Gasteiger partial charge in [-0.25, -0.2) is 8.42 Å². The first kappa shape index (κ1) is 30.7. The van der Waals surface area contributed by atoms with Crippen molar-refractivity contribution in [3.8, 4) is 0 Å². The third-order valence-corrected chi connectivity index (χ3v) is 8.24. The number of carbonyl (C=O) groups excluding carboxylic acids is 2. The van der Waals surface area contributed by atoms with Crippen LogP contribution in [-0.4, -0.2) is 44.8 Å². The summed E-state index contributed by atoms with van der Waals surface area (Å²) in [5.41, 5.74) is 1.08. The SMILES string of the molecule is CCC(C(=O)NC)N(Cc1ccc(C)cc1)C(=O)CN(c1cccc(C(F)(F)F)c1)S(=O)(=O)c1ccc(C)cc1. The van der Waals surface area contributed by atoms with E-state index in [0.29, 0.717) is 15.9 Å². The van der Waals surface area contributed by atoms with E-state index in [9.17, 15) is 31.2 Å². The molecule has 0 aliphatic heterocycles. The van der Waals surface area contributed by atoms with Crippen LogP contribution in [-0.2, 0) is 32.3 Å². The number of amides is 2. The van der Waals surface area contributed by atoms with E-state index in [2.05, 4.69) is 5.32 Å². The van der Waals surface area contributed by atoms with Crippen LogP contribution in [0.25, 0.3) is 0 Å². The lowest BCUT2D eigenvalue weighted by Gasteiger charge is -2.33. The summed E-state index contributed by atoms with van der Waals surface area (Å²) in [4.78, 5) is 27.7. The van der Waals surface area contributed by atoms with Crippen LogP contribution >= 0.6 is 0 Å². The molecule has 1 atom stereocenters. The zero-order chi connectivity index (χ0) is 29.7. The molecule has 0 fully saturated rings. The van der Waals surface area contributed by atoms with Crippen LogP contribution in [0.3, 0.4) is 0 Å². The molecule has 1 unspecified atom stereocenters. The summed E-state index contributed by atoms with van der Waals surface area (Å²) in [6.45, 7) is 4.54. The molecule has 214 valence electrons. The molecule has 40 heavy (non-hydrogen) atoms. The fourth-order valence-electron chi connectivity index (χ4n) is 4.18. The highest BCUT2D eigenvalue weighted by Gasteiger charge is 2.35. The first-order valence-electron chi connectivity index (χ1n) is 12.6. The lowest BCUT2D eigenvalue weighted by Crippen LogP contribution is -2.51. The van der Waals surface area contributed by atoms with Gasteiger partial charge in [-0.1, -0.05) is 60.5 Å². The van der Waals surface area contributed by atoms with E-state index in [0.717, 1.165) is 23.3 Å². The highest BCUT2D eigenvalue weighted by atomic mass is 32.2. The predicted octanol–water partition coefficient (Wildman–Crippen LogP) is 5.07. The van der Waals surface area contributed by atoms with Crippen molar-refractivity contribution in [1.82, 2.24) is 10.2 Å². The van der Waals surface area contributed by atoms with E-state index in [1.54, 1.807) is 38.1 Å². The van der Waals surface area contributed by atoms with Crippen molar-refractivity contribution in [1.29, 1.82) is 0 Å². The van der Waals surface area contributed by atoms with Crippen molar-refractivity contribution in [2.75, 3.05) is 17.9 Å². The Bertz CT molecular complexity index is 1440. The highest BCUT2D eigenvalue weighted by molar-refractivity contribution is 7.92. The molecule has 0 aliphatic rings. The summed E-state index contributed by atoms with van der Waals surface area (Å²) in [7, 11) is -3.05. The molecule has 0 aromatic heterocycles. The van der Waals surface area contributed by atoms with Crippen molar-refractivity contribution < 1.29 is 31.2 Å². The number of hydrogen-bond acceptors (Lipinski definition) is 4. The largest absolute Gasteiger partial charge is 0.416 e. The van der Waals surface area contributed by atoms with Crippen molar-refractivity contribution in [3.63, 3.8) is 0 Å². The van der Waals surface area contributed by atoms with Crippen molar-refractivity contribution in [2.45, 2.75) is 50.9 Å². The molecule has 3 aromatic carbocycles. The number of halogens is 3. The normalized spacial score (nSPS) is 12.5. The lowest BCUT2D eigenvalue weighted by molar-refractivity contribution is -0.140. The van der Waals surface area contributed by atoms with Gasteiger partial charge in [-0.3, -0.25) is 13.9 Å². The van der Waals surface area contributed by atoms with Crippen LogP contribution in [0.5, 0.6) is 0 Å². The zero-order valence-electron chi connectivity index (χ0n) is 22.7. The van der Waals surface area contributed by atoms with E-state index in [4.69, 9.17) is 0 Å².